The molecule has 1 aromatic carbocycles. The predicted molar refractivity (Wildman–Crippen MR) is 64.5 cm³/mol. The van der Waals surface area contributed by atoms with E-state index in [0.717, 1.165) is 13.0 Å². The van der Waals surface area contributed by atoms with Crippen molar-refractivity contribution in [3.8, 4) is 6.07 Å². The van der Waals surface area contributed by atoms with Crippen molar-refractivity contribution in [3.63, 3.8) is 0 Å². The molecule has 1 aromatic rings. The molecule has 0 aliphatic rings. The van der Waals surface area contributed by atoms with Gasteiger partial charge in [-0.3, -0.25) is 0 Å². The first kappa shape index (κ1) is 11.5. The van der Waals surface area contributed by atoms with Crippen molar-refractivity contribution in [1.29, 1.82) is 5.26 Å². The second-order valence-electron chi connectivity index (χ2n) is 3.06. The highest BCUT2D eigenvalue weighted by atomic mass is 32.1. The highest BCUT2D eigenvalue weighted by Gasteiger charge is 1.95. The van der Waals surface area contributed by atoms with E-state index in [2.05, 4.69) is 16.7 Å². The molecule has 0 spiro atoms. The standard InChI is InChI=1S/C11H13N3S/c1-13-11(15)14-7-6-9-2-4-10(8-12)5-3-9/h2-5H,6-7H2,1H3,(H2,13,14,15). The zero-order valence-corrected chi connectivity index (χ0v) is 9.40. The molecule has 0 heterocycles. The summed E-state index contributed by atoms with van der Waals surface area (Å²) in [6.07, 6.45) is 0.896. The van der Waals surface area contributed by atoms with Gasteiger partial charge in [0.2, 0.25) is 0 Å². The van der Waals surface area contributed by atoms with Crippen LogP contribution in [0, 0.1) is 11.3 Å². The fraction of sp³-hybridized carbons (Fsp3) is 0.273. The molecule has 0 amide bonds. The Morgan fingerprint density at radius 3 is 2.60 bits per heavy atom. The van der Waals surface area contributed by atoms with Gasteiger partial charge in [-0.1, -0.05) is 12.1 Å². The number of rotatable bonds is 3. The van der Waals surface area contributed by atoms with Crippen LogP contribution in [-0.4, -0.2) is 18.7 Å². The fourth-order valence-electron chi connectivity index (χ4n) is 1.15. The molecule has 4 heteroatoms. The van der Waals surface area contributed by atoms with Crippen LogP contribution in [0.3, 0.4) is 0 Å². The second-order valence-corrected chi connectivity index (χ2v) is 3.47. The predicted octanol–water partition coefficient (Wildman–Crippen LogP) is 1.19. The van der Waals surface area contributed by atoms with Gasteiger partial charge in [-0.15, -0.1) is 0 Å². The van der Waals surface area contributed by atoms with Gasteiger partial charge in [0.25, 0.3) is 0 Å². The quantitative estimate of drug-likeness (QED) is 0.750. The molecular formula is C11H13N3S. The average molecular weight is 219 g/mol. The minimum atomic E-state index is 0.656. The zero-order chi connectivity index (χ0) is 11.1. The Labute approximate surface area is 95.1 Å². The molecule has 0 aliphatic carbocycles. The number of nitriles is 1. The Morgan fingerprint density at radius 2 is 2.07 bits per heavy atom. The minimum Gasteiger partial charge on any atom is -0.366 e. The Kier molecular flexibility index (Phi) is 4.58. The second kappa shape index (κ2) is 5.99. The van der Waals surface area contributed by atoms with E-state index in [9.17, 15) is 0 Å². The summed E-state index contributed by atoms with van der Waals surface area (Å²) < 4.78 is 0. The lowest BCUT2D eigenvalue weighted by atomic mass is 10.1. The first-order valence-corrected chi connectivity index (χ1v) is 5.11. The summed E-state index contributed by atoms with van der Waals surface area (Å²) in [5, 5.41) is 15.2. The van der Waals surface area contributed by atoms with Crippen LogP contribution in [0.4, 0.5) is 0 Å². The normalized spacial score (nSPS) is 9.07. The Balaban J connectivity index is 2.38. The molecule has 0 unspecified atom stereocenters. The largest absolute Gasteiger partial charge is 0.366 e. The highest BCUT2D eigenvalue weighted by Crippen LogP contribution is 2.03. The molecule has 0 saturated carbocycles. The monoisotopic (exact) mass is 219 g/mol. The third-order valence-corrected chi connectivity index (χ3v) is 2.36. The molecule has 0 saturated heterocycles. The van der Waals surface area contributed by atoms with E-state index in [1.807, 2.05) is 24.3 Å². The van der Waals surface area contributed by atoms with E-state index in [0.29, 0.717) is 10.7 Å². The Bertz CT molecular complexity index is 364. The summed E-state index contributed by atoms with van der Waals surface area (Å²) in [6, 6.07) is 9.66. The SMILES string of the molecule is CNC(=S)NCCc1ccc(C#N)cc1. The van der Waals surface area contributed by atoms with Crippen molar-refractivity contribution in [3.05, 3.63) is 35.4 Å². The first-order valence-electron chi connectivity index (χ1n) is 4.71. The Morgan fingerprint density at radius 1 is 1.40 bits per heavy atom. The van der Waals surface area contributed by atoms with E-state index in [1.165, 1.54) is 5.56 Å². The molecule has 0 fully saturated rings. The van der Waals surface area contributed by atoms with Crippen LogP contribution in [-0.2, 0) is 6.42 Å². The van der Waals surface area contributed by atoms with Crippen LogP contribution in [0.15, 0.2) is 24.3 Å². The van der Waals surface area contributed by atoms with Gasteiger partial charge in [0.15, 0.2) is 5.11 Å². The lowest BCUT2D eigenvalue weighted by Crippen LogP contribution is -2.33. The van der Waals surface area contributed by atoms with Crippen LogP contribution in [0.2, 0.25) is 0 Å². The third-order valence-electron chi connectivity index (χ3n) is 2.01. The average Bonchev–Trinajstić information content (AvgIpc) is 2.29. The minimum absolute atomic E-state index is 0.656. The number of hydrogen-bond donors (Lipinski definition) is 2. The molecule has 1 rings (SSSR count). The number of thiocarbonyl (C=S) groups is 1. The molecule has 0 aliphatic heterocycles. The molecule has 2 N–H and O–H groups in total. The van der Waals surface area contributed by atoms with Gasteiger partial charge in [-0.2, -0.15) is 5.26 Å². The molecule has 0 atom stereocenters. The maximum atomic E-state index is 8.62. The first-order chi connectivity index (χ1) is 7.26. The van der Waals surface area contributed by atoms with E-state index >= 15 is 0 Å². The van der Waals surface area contributed by atoms with Crippen molar-refractivity contribution in [2.45, 2.75) is 6.42 Å². The third kappa shape index (κ3) is 3.96. The topological polar surface area (TPSA) is 47.8 Å². The molecular weight excluding hydrogens is 206 g/mol. The van der Waals surface area contributed by atoms with Gasteiger partial charge in [0.05, 0.1) is 11.6 Å². The smallest absolute Gasteiger partial charge is 0.166 e. The van der Waals surface area contributed by atoms with Gasteiger partial charge in [0, 0.05) is 13.6 Å². The molecule has 3 nitrogen and oxygen atoms in total. The molecule has 15 heavy (non-hydrogen) atoms. The maximum Gasteiger partial charge on any atom is 0.166 e. The summed E-state index contributed by atoms with van der Waals surface area (Å²) in [5.41, 5.74) is 1.89. The number of nitrogens with one attached hydrogen (secondary N) is 2. The summed E-state index contributed by atoms with van der Waals surface area (Å²) in [7, 11) is 1.79. The van der Waals surface area contributed by atoms with Crippen LogP contribution < -0.4 is 10.6 Å². The lowest BCUT2D eigenvalue weighted by Gasteiger charge is -2.06. The summed E-state index contributed by atoms with van der Waals surface area (Å²) in [6.45, 7) is 0.797. The van der Waals surface area contributed by atoms with Gasteiger partial charge in [-0.25, -0.2) is 0 Å². The Hall–Kier alpha value is -1.60. The zero-order valence-electron chi connectivity index (χ0n) is 8.58. The van der Waals surface area contributed by atoms with E-state index in [4.69, 9.17) is 17.5 Å². The van der Waals surface area contributed by atoms with Gasteiger partial charge in [0.1, 0.15) is 0 Å². The highest BCUT2D eigenvalue weighted by molar-refractivity contribution is 7.80. The summed E-state index contributed by atoms with van der Waals surface area (Å²) in [5.74, 6) is 0. The molecule has 0 aromatic heterocycles. The van der Waals surface area contributed by atoms with Crippen molar-refractivity contribution in [1.82, 2.24) is 10.6 Å². The number of nitrogens with zero attached hydrogens (tertiary/aromatic N) is 1. The number of benzene rings is 1. The molecule has 0 radical (unpaired) electrons. The lowest BCUT2D eigenvalue weighted by molar-refractivity contribution is 0.851. The van der Waals surface area contributed by atoms with Crippen molar-refractivity contribution >= 4 is 17.3 Å². The van der Waals surface area contributed by atoms with Gasteiger partial charge < -0.3 is 10.6 Å². The van der Waals surface area contributed by atoms with Gasteiger partial charge in [-0.05, 0) is 36.3 Å². The summed E-state index contributed by atoms with van der Waals surface area (Å²) in [4.78, 5) is 0. The molecule has 0 bridgehead atoms. The fourth-order valence-corrected chi connectivity index (χ4v) is 1.26. The van der Waals surface area contributed by atoms with Crippen molar-refractivity contribution < 1.29 is 0 Å². The maximum absolute atomic E-state index is 8.62. The van der Waals surface area contributed by atoms with E-state index in [1.54, 1.807) is 7.05 Å². The summed E-state index contributed by atoms with van der Waals surface area (Å²) >= 11 is 4.94. The van der Waals surface area contributed by atoms with Crippen molar-refractivity contribution in [2.24, 2.45) is 0 Å². The van der Waals surface area contributed by atoms with Crippen molar-refractivity contribution in [2.75, 3.05) is 13.6 Å². The van der Waals surface area contributed by atoms with Crippen LogP contribution in [0.5, 0.6) is 0 Å². The van der Waals surface area contributed by atoms with E-state index < -0.39 is 0 Å². The molecule has 78 valence electrons. The van der Waals surface area contributed by atoms with Crippen LogP contribution in [0.25, 0.3) is 0 Å². The van der Waals surface area contributed by atoms with Gasteiger partial charge >= 0.3 is 0 Å². The van der Waals surface area contributed by atoms with Crippen LogP contribution in [0.1, 0.15) is 11.1 Å². The van der Waals surface area contributed by atoms with Crippen LogP contribution >= 0.6 is 12.2 Å². The number of hydrogen-bond acceptors (Lipinski definition) is 2. The van der Waals surface area contributed by atoms with E-state index in [-0.39, 0.29) is 0 Å².